The number of aliphatic carboxylic acids is 1. The van der Waals surface area contributed by atoms with Gasteiger partial charge in [-0.05, 0) is 29.2 Å². The van der Waals surface area contributed by atoms with Crippen LogP contribution in [0.15, 0.2) is 48.5 Å². The number of carbonyl (C=O) groups excluding carboxylic acids is 2. The van der Waals surface area contributed by atoms with Gasteiger partial charge in [0.2, 0.25) is 5.91 Å². The Bertz CT molecular complexity index is 1040. The molecule has 0 spiro atoms. The lowest BCUT2D eigenvalue weighted by atomic mass is 9.98. The quantitative estimate of drug-likeness (QED) is 0.567. The molecular formula is C25H28N2O7. The van der Waals surface area contributed by atoms with Crippen LogP contribution in [0, 0.1) is 0 Å². The minimum Gasteiger partial charge on any atom is -0.480 e. The van der Waals surface area contributed by atoms with Crippen LogP contribution in [0.4, 0.5) is 4.79 Å². The number of ether oxygens (including phenoxy) is 2. The molecule has 9 nitrogen and oxygen atoms in total. The Kier molecular flexibility index (Phi) is 6.85. The first-order chi connectivity index (χ1) is 16.3. The molecule has 0 unspecified atom stereocenters. The maximum absolute atomic E-state index is 13.1. The first-order valence-corrected chi connectivity index (χ1v) is 11.2. The summed E-state index contributed by atoms with van der Waals surface area (Å²) in [5.41, 5.74) is 4.32. The number of hydrogen-bond acceptors (Lipinski definition) is 6. The highest BCUT2D eigenvalue weighted by atomic mass is 16.5. The number of carboxylic acids is 1. The van der Waals surface area contributed by atoms with E-state index in [1.54, 1.807) is 6.92 Å². The van der Waals surface area contributed by atoms with E-state index >= 15 is 0 Å². The number of aliphatic hydroxyl groups excluding tert-OH is 1. The molecule has 1 aliphatic carbocycles. The summed E-state index contributed by atoms with van der Waals surface area (Å²) in [5, 5.41) is 21.9. The summed E-state index contributed by atoms with van der Waals surface area (Å²) in [6.45, 7) is 1.53. The van der Waals surface area contributed by atoms with E-state index in [9.17, 15) is 24.6 Å². The fourth-order valence-electron chi connectivity index (χ4n) is 4.75. The smallest absolute Gasteiger partial charge is 0.407 e. The number of rotatable bonds is 7. The third-order valence-electron chi connectivity index (χ3n) is 6.57. The summed E-state index contributed by atoms with van der Waals surface area (Å²) in [5.74, 6) is -2.00. The van der Waals surface area contributed by atoms with Gasteiger partial charge in [-0.15, -0.1) is 0 Å². The Morgan fingerprint density at radius 1 is 1.09 bits per heavy atom. The Hall–Kier alpha value is -3.43. The zero-order chi connectivity index (χ0) is 24.4. The minimum absolute atomic E-state index is 0.0693. The topological polar surface area (TPSA) is 125 Å². The molecule has 1 fully saturated rings. The lowest BCUT2D eigenvalue weighted by molar-refractivity contribution is -0.150. The molecule has 1 aliphatic heterocycles. The van der Waals surface area contributed by atoms with E-state index in [1.165, 1.54) is 7.11 Å². The summed E-state index contributed by atoms with van der Waals surface area (Å²) >= 11 is 0. The van der Waals surface area contributed by atoms with Gasteiger partial charge in [0.05, 0.1) is 12.2 Å². The average Bonchev–Trinajstić information content (AvgIpc) is 3.38. The maximum Gasteiger partial charge on any atom is 0.407 e. The second-order valence-corrected chi connectivity index (χ2v) is 8.62. The number of nitrogens with one attached hydrogen (secondary N) is 1. The van der Waals surface area contributed by atoms with Crippen LogP contribution in [0.3, 0.4) is 0 Å². The first kappa shape index (κ1) is 23.7. The van der Waals surface area contributed by atoms with Crippen molar-refractivity contribution in [2.45, 2.75) is 43.6 Å². The molecule has 1 heterocycles. The highest BCUT2D eigenvalue weighted by molar-refractivity contribution is 5.90. The van der Waals surface area contributed by atoms with Crippen molar-refractivity contribution in [3.8, 4) is 11.1 Å². The molecular weight excluding hydrogens is 440 g/mol. The van der Waals surface area contributed by atoms with Gasteiger partial charge in [0.1, 0.15) is 18.7 Å². The number of carbonyl (C=O) groups is 3. The summed E-state index contributed by atoms with van der Waals surface area (Å²) in [7, 11) is 1.39. The second-order valence-electron chi connectivity index (χ2n) is 8.62. The zero-order valence-electron chi connectivity index (χ0n) is 19.0. The van der Waals surface area contributed by atoms with Gasteiger partial charge >= 0.3 is 12.1 Å². The van der Waals surface area contributed by atoms with Crippen LogP contribution in [-0.2, 0) is 19.1 Å². The van der Waals surface area contributed by atoms with Crippen molar-refractivity contribution in [3.63, 3.8) is 0 Å². The van der Waals surface area contributed by atoms with Gasteiger partial charge in [-0.25, -0.2) is 9.59 Å². The first-order valence-electron chi connectivity index (χ1n) is 11.2. The van der Waals surface area contributed by atoms with Crippen LogP contribution in [0.1, 0.15) is 30.4 Å². The van der Waals surface area contributed by atoms with Crippen molar-refractivity contribution < 1.29 is 34.1 Å². The normalized spacial score (nSPS) is 20.9. The van der Waals surface area contributed by atoms with Gasteiger partial charge in [0.25, 0.3) is 0 Å². The predicted molar refractivity (Wildman–Crippen MR) is 122 cm³/mol. The fourth-order valence-corrected chi connectivity index (χ4v) is 4.75. The molecule has 0 aromatic heterocycles. The van der Waals surface area contributed by atoms with E-state index in [2.05, 4.69) is 5.32 Å². The van der Waals surface area contributed by atoms with Crippen molar-refractivity contribution in [1.29, 1.82) is 0 Å². The number of amides is 2. The van der Waals surface area contributed by atoms with Crippen LogP contribution in [-0.4, -0.2) is 77.6 Å². The van der Waals surface area contributed by atoms with E-state index in [1.807, 2.05) is 48.5 Å². The van der Waals surface area contributed by atoms with E-state index in [0.717, 1.165) is 27.2 Å². The molecule has 4 atom stereocenters. The number of benzene rings is 2. The predicted octanol–water partition coefficient (Wildman–Crippen LogP) is 1.97. The second kappa shape index (κ2) is 9.82. The molecule has 2 aromatic rings. The monoisotopic (exact) mass is 468 g/mol. The van der Waals surface area contributed by atoms with Gasteiger partial charge in [-0.1, -0.05) is 48.5 Å². The lowest BCUT2D eigenvalue weighted by Gasteiger charge is -2.29. The van der Waals surface area contributed by atoms with Gasteiger partial charge in [-0.3, -0.25) is 4.79 Å². The number of hydrogen-bond donors (Lipinski definition) is 3. The molecule has 180 valence electrons. The molecule has 0 bridgehead atoms. The lowest BCUT2D eigenvalue weighted by Crippen LogP contribution is -2.56. The number of alkyl carbamates (subject to hydrolysis) is 1. The number of carboxylic acid groups (broad SMARTS) is 1. The molecule has 1 saturated heterocycles. The van der Waals surface area contributed by atoms with Gasteiger partial charge in [0.15, 0.2) is 0 Å². The van der Waals surface area contributed by atoms with E-state index < -0.39 is 42.3 Å². The molecule has 2 aromatic carbocycles. The Morgan fingerprint density at radius 2 is 1.68 bits per heavy atom. The standard InChI is InChI=1S/C25H28N2O7/c1-14(33-2)22(23(29)27-12-15(28)11-21(27)24(30)31)26-25(32)34-13-20-18-9-5-3-7-16(18)17-8-4-6-10-19(17)20/h3-10,14-15,20-22,28H,11-13H2,1-2H3,(H,26,32)(H,30,31)/t14-,15-,21+,22+/m1/s1. The largest absolute Gasteiger partial charge is 0.480 e. The fraction of sp³-hybridized carbons (Fsp3) is 0.400. The molecule has 9 heteroatoms. The average molecular weight is 469 g/mol. The Labute approximate surface area is 197 Å². The van der Waals surface area contributed by atoms with Gasteiger partial charge in [-0.2, -0.15) is 0 Å². The van der Waals surface area contributed by atoms with E-state index in [-0.39, 0.29) is 25.5 Å². The SMILES string of the molecule is CO[C@H](C)[C@H](NC(=O)OCC1c2ccccc2-c2ccccc21)C(=O)N1C[C@H](O)C[C@H]1C(=O)O. The van der Waals surface area contributed by atoms with Crippen LogP contribution in [0.2, 0.25) is 0 Å². The highest BCUT2D eigenvalue weighted by Crippen LogP contribution is 2.44. The zero-order valence-corrected chi connectivity index (χ0v) is 19.0. The van der Waals surface area contributed by atoms with Gasteiger partial charge in [0, 0.05) is 26.0 Å². The van der Waals surface area contributed by atoms with Crippen LogP contribution >= 0.6 is 0 Å². The van der Waals surface area contributed by atoms with Crippen molar-refractivity contribution in [1.82, 2.24) is 10.2 Å². The third kappa shape index (κ3) is 4.49. The number of fused-ring (bicyclic) bond motifs is 3. The minimum atomic E-state index is -1.21. The number of methoxy groups -OCH3 is 1. The van der Waals surface area contributed by atoms with Crippen LogP contribution < -0.4 is 5.32 Å². The van der Waals surface area contributed by atoms with E-state index in [4.69, 9.17) is 9.47 Å². The number of β-amino-alcohol motifs (C(OH)–C–C–N with tert-alkyl or cyclic N) is 1. The Morgan fingerprint density at radius 3 is 2.24 bits per heavy atom. The van der Waals surface area contributed by atoms with Crippen molar-refractivity contribution in [3.05, 3.63) is 59.7 Å². The summed E-state index contributed by atoms with van der Waals surface area (Å²) in [6, 6.07) is 13.6. The molecule has 0 radical (unpaired) electrons. The molecule has 34 heavy (non-hydrogen) atoms. The molecule has 4 rings (SSSR count). The van der Waals surface area contributed by atoms with Crippen LogP contribution in [0.5, 0.6) is 0 Å². The summed E-state index contributed by atoms with van der Waals surface area (Å²) < 4.78 is 10.8. The van der Waals surface area contributed by atoms with E-state index in [0.29, 0.717) is 0 Å². The van der Waals surface area contributed by atoms with Gasteiger partial charge < -0.3 is 29.9 Å². The highest BCUT2D eigenvalue weighted by Gasteiger charge is 2.43. The van der Waals surface area contributed by atoms with Crippen LogP contribution in [0.25, 0.3) is 11.1 Å². The number of nitrogens with zero attached hydrogens (tertiary/aromatic N) is 1. The molecule has 3 N–H and O–H groups in total. The maximum atomic E-state index is 13.1. The molecule has 0 saturated carbocycles. The van der Waals surface area contributed by atoms with Crippen molar-refractivity contribution >= 4 is 18.0 Å². The van der Waals surface area contributed by atoms with Crippen molar-refractivity contribution in [2.24, 2.45) is 0 Å². The number of likely N-dealkylation sites (tertiary alicyclic amines) is 1. The Balaban J connectivity index is 1.46. The summed E-state index contributed by atoms with van der Waals surface area (Å²) in [4.78, 5) is 38.5. The molecule has 2 amide bonds. The number of aliphatic hydroxyl groups is 1. The summed E-state index contributed by atoms with van der Waals surface area (Å²) in [6.07, 6.45) is -2.57. The third-order valence-corrected chi connectivity index (χ3v) is 6.57. The van der Waals surface area contributed by atoms with Crippen molar-refractivity contribution in [2.75, 3.05) is 20.3 Å². The molecule has 2 aliphatic rings.